The standard InChI is InChI=1S/C37H70O4/c1-3-4-5-6-7-8-9-10-11-15-18-21-24-27-30-35(38)36(39)31-28-25-22-19-16-13-12-14-17-20-23-26-29-34-32-33(2)41-37(34)40/h32-33,35-36,38-39H,3-31H2,1-2H3/t33-,35?,36?/m0/s1. The molecule has 41 heavy (non-hydrogen) atoms. The highest BCUT2D eigenvalue weighted by Gasteiger charge is 2.21. The summed E-state index contributed by atoms with van der Waals surface area (Å²) in [4.78, 5) is 11.6. The average Bonchev–Trinajstić information content (AvgIpc) is 3.29. The highest BCUT2D eigenvalue weighted by molar-refractivity contribution is 5.90. The number of aliphatic hydroxyl groups excluding tert-OH is 2. The van der Waals surface area contributed by atoms with Gasteiger partial charge < -0.3 is 14.9 Å². The van der Waals surface area contributed by atoms with Crippen molar-refractivity contribution < 1.29 is 19.7 Å². The van der Waals surface area contributed by atoms with Crippen LogP contribution in [0.1, 0.15) is 200 Å². The molecule has 0 radical (unpaired) electrons. The van der Waals surface area contributed by atoms with Gasteiger partial charge in [0.15, 0.2) is 0 Å². The van der Waals surface area contributed by atoms with Crippen molar-refractivity contribution in [2.45, 2.75) is 218 Å². The van der Waals surface area contributed by atoms with E-state index in [9.17, 15) is 15.0 Å². The normalized spacial score (nSPS) is 16.6. The maximum atomic E-state index is 11.6. The van der Waals surface area contributed by atoms with Gasteiger partial charge in [-0.1, -0.05) is 167 Å². The Balaban J connectivity index is 1.76. The zero-order valence-electron chi connectivity index (χ0n) is 27.5. The second-order valence-corrected chi connectivity index (χ2v) is 13.1. The molecule has 1 aliphatic heterocycles. The second kappa shape index (κ2) is 27.9. The van der Waals surface area contributed by atoms with Gasteiger partial charge in [0.25, 0.3) is 0 Å². The number of carbonyl (C=O) groups is 1. The Hall–Kier alpha value is -0.870. The van der Waals surface area contributed by atoms with Crippen molar-refractivity contribution in [1.29, 1.82) is 0 Å². The summed E-state index contributed by atoms with van der Waals surface area (Å²) >= 11 is 0. The first-order valence-corrected chi connectivity index (χ1v) is 18.3. The predicted octanol–water partition coefficient (Wildman–Crippen LogP) is 10.9. The van der Waals surface area contributed by atoms with E-state index in [1.54, 1.807) is 0 Å². The Bertz CT molecular complexity index is 616. The Morgan fingerprint density at radius 1 is 0.561 bits per heavy atom. The first-order chi connectivity index (χ1) is 20.0. The van der Waals surface area contributed by atoms with Crippen LogP contribution in [0.15, 0.2) is 11.6 Å². The summed E-state index contributed by atoms with van der Waals surface area (Å²) in [6.45, 7) is 4.20. The van der Waals surface area contributed by atoms with Gasteiger partial charge in [0.2, 0.25) is 0 Å². The smallest absolute Gasteiger partial charge is 0.334 e. The molecule has 1 rings (SSSR count). The Kier molecular flexibility index (Phi) is 26.0. The number of hydrogen-bond donors (Lipinski definition) is 2. The lowest BCUT2D eigenvalue weighted by Gasteiger charge is -2.17. The quantitative estimate of drug-likeness (QED) is 0.0634. The lowest BCUT2D eigenvalue weighted by Crippen LogP contribution is -2.25. The maximum Gasteiger partial charge on any atom is 0.334 e. The van der Waals surface area contributed by atoms with E-state index < -0.39 is 12.2 Å². The van der Waals surface area contributed by atoms with E-state index in [0.29, 0.717) is 0 Å². The molecule has 242 valence electrons. The topological polar surface area (TPSA) is 66.8 Å². The monoisotopic (exact) mass is 579 g/mol. The summed E-state index contributed by atoms with van der Waals surface area (Å²) in [5.41, 5.74) is 0.878. The molecule has 0 aromatic carbocycles. The van der Waals surface area contributed by atoms with Crippen LogP contribution in [0.4, 0.5) is 0 Å². The van der Waals surface area contributed by atoms with Gasteiger partial charge in [-0.3, -0.25) is 0 Å². The van der Waals surface area contributed by atoms with Crippen LogP contribution < -0.4 is 0 Å². The number of hydrogen-bond acceptors (Lipinski definition) is 4. The molecule has 4 nitrogen and oxygen atoms in total. The molecule has 0 bridgehead atoms. The van der Waals surface area contributed by atoms with Gasteiger partial charge in [-0.15, -0.1) is 0 Å². The third kappa shape index (κ3) is 23.3. The SMILES string of the molecule is CCCCCCCCCCCCCCCCC(O)C(O)CCCCCCCCCCCCCCC1=C[C@H](C)OC1=O. The van der Waals surface area contributed by atoms with Crippen molar-refractivity contribution in [2.24, 2.45) is 0 Å². The Morgan fingerprint density at radius 3 is 1.20 bits per heavy atom. The highest BCUT2D eigenvalue weighted by Crippen LogP contribution is 2.21. The van der Waals surface area contributed by atoms with E-state index in [1.165, 1.54) is 148 Å². The van der Waals surface area contributed by atoms with Crippen molar-refractivity contribution in [3.8, 4) is 0 Å². The molecular weight excluding hydrogens is 508 g/mol. The van der Waals surface area contributed by atoms with E-state index in [0.717, 1.165) is 44.1 Å². The molecule has 0 saturated heterocycles. The molecule has 3 atom stereocenters. The number of esters is 1. The summed E-state index contributed by atoms with van der Waals surface area (Å²) in [7, 11) is 0. The first-order valence-electron chi connectivity index (χ1n) is 18.3. The van der Waals surface area contributed by atoms with Crippen LogP contribution in [0, 0.1) is 0 Å². The van der Waals surface area contributed by atoms with Crippen molar-refractivity contribution in [1.82, 2.24) is 0 Å². The number of aliphatic hydroxyl groups is 2. The van der Waals surface area contributed by atoms with Crippen LogP contribution in [0.5, 0.6) is 0 Å². The maximum absolute atomic E-state index is 11.6. The van der Waals surface area contributed by atoms with E-state index in [1.807, 2.05) is 13.0 Å². The summed E-state index contributed by atoms with van der Waals surface area (Å²) < 4.78 is 5.15. The Morgan fingerprint density at radius 2 is 0.878 bits per heavy atom. The van der Waals surface area contributed by atoms with E-state index >= 15 is 0 Å². The number of cyclic esters (lactones) is 1. The minimum atomic E-state index is -0.538. The number of unbranched alkanes of at least 4 members (excludes halogenated alkanes) is 24. The van der Waals surface area contributed by atoms with Crippen LogP contribution in [0.25, 0.3) is 0 Å². The molecule has 0 amide bonds. The number of ether oxygens (including phenoxy) is 1. The number of carbonyl (C=O) groups excluding carboxylic acids is 1. The molecule has 1 aliphatic rings. The molecule has 0 spiro atoms. The van der Waals surface area contributed by atoms with Gasteiger partial charge in [0.1, 0.15) is 6.10 Å². The van der Waals surface area contributed by atoms with Crippen molar-refractivity contribution >= 4 is 5.97 Å². The molecule has 0 aliphatic carbocycles. The molecule has 0 aromatic heterocycles. The Labute approximate surface area is 255 Å². The summed E-state index contributed by atoms with van der Waals surface area (Å²) in [6, 6.07) is 0. The van der Waals surface area contributed by atoms with Gasteiger partial charge in [0.05, 0.1) is 12.2 Å². The van der Waals surface area contributed by atoms with Gasteiger partial charge in [-0.2, -0.15) is 0 Å². The predicted molar refractivity (Wildman–Crippen MR) is 175 cm³/mol. The largest absolute Gasteiger partial charge is 0.455 e. The van der Waals surface area contributed by atoms with Crippen molar-refractivity contribution in [3.05, 3.63) is 11.6 Å². The molecular formula is C37H70O4. The van der Waals surface area contributed by atoms with Crippen LogP contribution in [-0.4, -0.2) is 34.5 Å². The molecule has 0 aromatic rings. The van der Waals surface area contributed by atoms with E-state index in [-0.39, 0.29) is 12.1 Å². The molecule has 2 unspecified atom stereocenters. The van der Waals surface area contributed by atoms with Crippen molar-refractivity contribution in [2.75, 3.05) is 0 Å². The average molecular weight is 579 g/mol. The van der Waals surface area contributed by atoms with Crippen molar-refractivity contribution in [3.63, 3.8) is 0 Å². The van der Waals surface area contributed by atoms with Crippen LogP contribution in [0.3, 0.4) is 0 Å². The minimum Gasteiger partial charge on any atom is -0.455 e. The third-order valence-corrected chi connectivity index (χ3v) is 8.98. The molecule has 2 N–H and O–H groups in total. The van der Waals surface area contributed by atoms with E-state index in [4.69, 9.17) is 4.74 Å². The lowest BCUT2D eigenvalue weighted by molar-refractivity contribution is -0.139. The second-order valence-electron chi connectivity index (χ2n) is 13.1. The van der Waals surface area contributed by atoms with E-state index in [2.05, 4.69) is 6.92 Å². The third-order valence-electron chi connectivity index (χ3n) is 8.98. The molecule has 1 heterocycles. The summed E-state index contributed by atoms with van der Waals surface area (Å²) in [6.07, 6.45) is 37.0. The summed E-state index contributed by atoms with van der Waals surface area (Å²) in [5.74, 6) is -0.110. The number of rotatable bonds is 31. The van der Waals surface area contributed by atoms with Crippen LogP contribution >= 0.6 is 0 Å². The fraction of sp³-hybridized carbons (Fsp3) is 0.919. The zero-order valence-corrected chi connectivity index (χ0v) is 27.5. The van der Waals surface area contributed by atoms with Gasteiger partial charge in [0, 0.05) is 5.57 Å². The van der Waals surface area contributed by atoms with Gasteiger partial charge in [-0.05, 0) is 38.7 Å². The minimum absolute atomic E-state index is 0.0365. The fourth-order valence-electron chi connectivity index (χ4n) is 6.18. The lowest BCUT2D eigenvalue weighted by atomic mass is 9.99. The molecule has 0 fully saturated rings. The van der Waals surface area contributed by atoms with Crippen LogP contribution in [0.2, 0.25) is 0 Å². The van der Waals surface area contributed by atoms with Gasteiger partial charge in [-0.25, -0.2) is 4.79 Å². The molecule has 0 saturated carbocycles. The highest BCUT2D eigenvalue weighted by atomic mass is 16.5. The zero-order chi connectivity index (χ0) is 29.8. The fourth-order valence-corrected chi connectivity index (χ4v) is 6.18. The molecule has 4 heteroatoms. The summed E-state index contributed by atoms with van der Waals surface area (Å²) in [5, 5.41) is 20.6. The van der Waals surface area contributed by atoms with Gasteiger partial charge >= 0.3 is 5.97 Å². The van der Waals surface area contributed by atoms with Crippen LogP contribution in [-0.2, 0) is 9.53 Å². The first kappa shape index (κ1) is 38.2.